The summed E-state index contributed by atoms with van der Waals surface area (Å²) in [6.07, 6.45) is 6.98. The second-order valence-electron chi connectivity index (χ2n) is 6.69. The molecule has 1 aliphatic carbocycles. The minimum atomic E-state index is 0.139. The second kappa shape index (κ2) is 8.02. The number of carbonyl (C=O) groups excluding carboxylic acids is 1. The van der Waals surface area contributed by atoms with Crippen LogP contribution < -0.4 is 5.32 Å². The third kappa shape index (κ3) is 4.29. The minimum Gasteiger partial charge on any atom is -0.353 e. The Kier molecular flexibility index (Phi) is 5.77. The van der Waals surface area contributed by atoms with Crippen molar-refractivity contribution in [1.82, 2.24) is 10.3 Å². The van der Waals surface area contributed by atoms with Gasteiger partial charge in [-0.1, -0.05) is 50.1 Å². The number of aromatic nitrogens is 1. The molecular weight excluding hydrogens is 316 g/mol. The molecule has 0 atom stereocenters. The zero-order valence-corrected chi connectivity index (χ0v) is 15.4. The van der Waals surface area contributed by atoms with Crippen LogP contribution in [0.25, 0.3) is 10.9 Å². The molecule has 0 aliphatic heterocycles. The zero-order valence-electron chi connectivity index (χ0n) is 14.6. The highest BCUT2D eigenvalue weighted by Gasteiger charge is 2.16. The van der Waals surface area contributed by atoms with Crippen LogP contribution in [0.1, 0.15) is 50.2 Å². The molecule has 1 fully saturated rings. The maximum absolute atomic E-state index is 12.2. The second-order valence-corrected chi connectivity index (χ2v) is 7.66. The Balaban J connectivity index is 1.68. The third-order valence-corrected chi connectivity index (χ3v) is 5.74. The van der Waals surface area contributed by atoms with Crippen LogP contribution >= 0.6 is 11.8 Å². The molecule has 1 aromatic carbocycles. The van der Waals surface area contributed by atoms with E-state index in [0.717, 1.165) is 29.8 Å². The normalized spacial score (nSPS) is 15.6. The van der Waals surface area contributed by atoms with Gasteiger partial charge in [-0.25, -0.2) is 4.98 Å². The first-order valence-electron chi connectivity index (χ1n) is 8.98. The van der Waals surface area contributed by atoms with Crippen molar-refractivity contribution in [3.8, 4) is 0 Å². The molecule has 1 amide bonds. The van der Waals surface area contributed by atoms with E-state index in [-0.39, 0.29) is 5.91 Å². The standard InChI is InChI=1S/C20H26N2OS/c1-3-15-12-16-10-9-14(2)11-18(16)22-20(15)24-13-19(23)21-17-7-5-4-6-8-17/h9-12,17H,3-8,13H2,1-2H3,(H,21,23). The Morgan fingerprint density at radius 1 is 1.25 bits per heavy atom. The first-order chi connectivity index (χ1) is 11.7. The number of pyridine rings is 1. The summed E-state index contributed by atoms with van der Waals surface area (Å²) in [6, 6.07) is 8.95. The van der Waals surface area contributed by atoms with Crippen LogP contribution in [0.15, 0.2) is 29.3 Å². The Hall–Kier alpha value is -1.55. The lowest BCUT2D eigenvalue weighted by Crippen LogP contribution is -2.37. The van der Waals surface area contributed by atoms with Gasteiger partial charge < -0.3 is 5.32 Å². The quantitative estimate of drug-likeness (QED) is 0.805. The summed E-state index contributed by atoms with van der Waals surface area (Å²) in [5.41, 5.74) is 3.45. The molecule has 0 spiro atoms. The van der Waals surface area contributed by atoms with Gasteiger partial charge in [0.2, 0.25) is 5.91 Å². The number of thioether (sulfide) groups is 1. The summed E-state index contributed by atoms with van der Waals surface area (Å²) >= 11 is 1.57. The van der Waals surface area contributed by atoms with Crippen molar-refractivity contribution in [3.05, 3.63) is 35.4 Å². The van der Waals surface area contributed by atoms with E-state index in [2.05, 4.69) is 43.4 Å². The molecule has 3 nitrogen and oxygen atoms in total. The van der Waals surface area contributed by atoms with Gasteiger partial charge in [0.15, 0.2) is 0 Å². The van der Waals surface area contributed by atoms with Gasteiger partial charge in [-0.3, -0.25) is 4.79 Å². The fourth-order valence-electron chi connectivity index (χ4n) is 3.33. The molecule has 2 aromatic rings. The molecule has 0 radical (unpaired) electrons. The van der Waals surface area contributed by atoms with Gasteiger partial charge in [0.05, 0.1) is 11.3 Å². The van der Waals surface area contributed by atoms with E-state index in [1.807, 2.05) is 0 Å². The number of hydrogen-bond donors (Lipinski definition) is 1. The average molecular weight is 343 g/mol. The lowest BCUT2D eigenvalue weighted by atomic mass is 9.95. The number of benzene rings is 1. The first-order valence-corrected chi connectivity index (χ1v) is 9.96. The van der Waals surface area contributed by atoms with Crippen molar-refractivity contribution in [3.63, 3.8) is 0 Å². The summed E-state index contributed by atoms with van der Waals surface area (Å²) in [4.78, 5) is 17.1. The van der Waals surface area contributed by atoms with Crippen LogP contribution in [0, 0.1) is 6.92 Å². The molecule has 1 aliphatic rings. The van der Waals surface area contributed by atoms with Crippen molar-refractivity contribution >= 4 is 28.6 Å². The van der Waals surface area contributed by atoms with Gasteiger partial charge in [0, 0.05) is 11.4 Å². The highest BCUT2D eigenvalue weighted by atomic mass is 32.2. The molecule has 1 N–H and O–H groups in total. The molecule has 1 saturated carbocycles. The molecular formula is C20H26N2OS. The summed E-state index contributed by atoms with van der Waals surface area (Å²) in [5.74, 6) is 0.591. The number of hydrogen-bond acceptors (Lipinski definition) is 3. The smallest absolute Gasteiger partial charge is 0.230 e. The Morgan fingerprint density at radius 2 is 2.04 bits per heavy atom. The van der Waals surface area contributed by atoms with Crippen LogP contribution in [0.4, 0.5) is 0 Å². The molecule has 0 saturated heterocycles. The monoisotopic (exact) mass is 342 g/mol. The Labute approximate surface area is 148 Å². The first kappa shape index (κ1) is 17.3. The number of rotatable bonds is 5. The van der Waals surface area contributed by atoms with Gasteiger partial charge in [-0.15, -0.1) is 0 Å². The van der Waals surface area contributed by atoms with Crippen LogP contribution in [0.3, 0.4) is 0 Å². The fraction of sp³-hybridized carbons (Fsp3) is 0.500. The summed E-state index contributed by atoms with van der Waals surface area (Å²) in [7, 11) is 0. The van der Waals surface area contributed by atoms with Crippen molar-refractivity contribution in [2.24, 2.45) is 0 Å². The Morgan fingerprint density at radius 3 is 2.79 bits per heavy atom. The molecule has 128 valence electrons. The van der Waals surface area contributed by atoms with Gasteiger partial charge in [0.25, 0.3) is 0 Å². The number of nitrogens with one attached hydrogen (secondary N) is 1. The van der Waals surface area contributed by atoms with E-state index in [9.17, 15) is 4.79 Å². The number of amides is 1. The number of fused-ring (bicyclic) bond motifs is 1. The van der Waals surface area contributed by atoms with Crippen LogP contribution in [-0.4, -0.2) is 22.7 Å². The fourth-order valence-corrected chi connectivity index (χ4v) is 4.23. The van der Waals surface area contributed by atoms with Crippen LogP contribution in [-0.2, 0) is 11.2 Å². The van der Waals surface area contributed by atoms with E-state index in [0.29, 0.717) is 11.8 Å². The van der Waals surface area contributed by atoms with E-state index < -0.39 is 0 Å². The summed E-state index contributed by atoms with van der Waals surface area (Å²) in [5, 5.41) is 5.35. The molecule has 4 heteroatoms. The summed E-state index contributed by atoms with van der Waals surface area (Å²) in [6.45, 7) is 4.22. The topological polar surface area (TPSA) is 42.0 Å². The molecule has 0 bridgehead atoms. The maximum Gasteiger partial charge on any atom is 0.230 e. The molecule has 0 unspecified atom stereocenters. The largest absolute Gasteiger partial charge is 0.353 e. The Bertz CT molecular complexity index is 723. The highest BCUT2D eigenvalue weighted by Crippen LogP contribution is 2.26. The predicted molar refractivity (Wildman–Crippen MR) is 102 cm³/mol. The lowest BCUT2D eigenvalue weighted by Gasteiger charge is -2.22. The van der Waals surface area contributed by atoms with Crippen molar-refractivity contribution < 1.29 is 4.79 Å². The van der Waals surface area contributed by atoms with Gasteiger partial charge >= 0.3 is 0 Å². The molecule has 1 heterocycles. The van der Waals surface area contributed by atoms with E-state index in [1.165, 1.54) is 35.8 Å². The number of aryl methyl sites for hydroxylation is 2. The predicted octanol–water partition coefficient (Wildman–Crippen LogP) is 4.65. The minimum absolute atomic E-state index is 0.139. The van der Waals surface area contributed by atoms with Gasteiger partial charge in [0.1, 0.15) is 5.03 Å². The van der Waals surface area contributed by atoms with Crippen LogP contribution in [0.2, 0.25) is 0 Å². The number of nitrogens with zero attached hydrogens (tertiary/aromatic N) is 1. The SMILES string of the molecule is CCc1cc2ccc(C)cc2nc1SCC(=O)NC1CCCCC1. The van der Waals surface area contributed by atoms with Crippen molar-refractivity contribution in [1.29, 1.82) is 0 Å². The van der Waals surface area contributed by atoms with E-state index in [1.54, 1.807) is 11.8 Å². The lowest BCUT2D eigenvalue weighted by molar-refractivity contribution is -0.119. The number of carbonyl (C=O) groups is 1. The maximum atomic E-state index is 12.2. The zero-order chi connectivity index (χ0) is 16.9. The third-order valence-electron chi connectivity index (χ3n) is 4.70. The highest BCUT2D eigenvalue weighted by molar-refractivity contribution is 7.99. The van der Waals surface area contributed by atoms with Gasteiger partial charge in [-0.2, -0.15) is 0 Å². The van der Waals surface area contributed by atoms with Crippen molar-refractivity contribution in [2.75, 3.05) is 5.75 Å². The molecule has 24 heavy (non-hydrogen) atoms. The van der Waals surface area contributed by atoms with Gasteiger partial charge in [-0.05, 0) is 49.4 Å². The van der Waals surface area contributed by atoms with E-state index >= 15 is 0 Å². The summed E-state index contributed by atoms with van der Waals surface area (Å²) < 4.78 is 0. The molecule has 1 aromatic heterocycles. The average Bonchev–Trinajstić information content (AvgIpc) is 2.60. The van der Waals surface area contributed by atoms with Crippen LogP contribution in [0.5, 0.6) is 0 Å². The van der Waals surface area contributed by atoms with Crippen molar-refractivity contribution in [2.45, 2.75) is 63.4 Å². The van der Waals surface area contributed by atoms with E-state index in [4.69, 9.17) is 4.98 Å². The molecule has 3 rings (SSSR count).